The number of sulfone groups is 1. The van der Waals surface area contributed by atoms with Crippen molar-refractivity contribution in [2.75, 3.05) is 13.1 Å². The molecule has 3 rings (SSSR count). The van der Waals surface area contributed by atoms with E-state index in [4.69, 9.17) is 4.74 Å². The van der Waals surface area contributed by atoms with E-state index >= 15 is 0 Å². The largest absolute Gasteiger partial charge is 0.444 e. The maximum atomic E-state index is 12.9. The average Bonchev–Trinajstić information content (AvgIpc) is 2.57. The third kappa shape index (κ3) is 4.70. The van der Waals surface area contributed by atoms with E-state index in [1.54, 1.807) is 25.7 Å². The molecule has 1 heterocycles. The van der Waals surface area contributed by atoms with Gasteiger partial charge in [0.25, 0.3) is 0 Å². The Bertz CT molecular complexity index is 874. The molecular weight excluding hydrogens is 407 g/mol. The third-order valence-corrected chi connectivity index (χ3v) is 7.89. The monoisotopic (exact) mass is 433 g/mol. The van der Waals surface area contributed by atoms with Gasteiger partial charge in [-0.25, -0.2) is 13.2 Å². The number of hydrogen-bond acceptors (Lipinski definition) is 4. The Balaban J connectivity index is 1.62. The Labute approximate surface area is 169 Å². The number of carbonyl (C=O) groups excluding carboxylic acids is 1. The van der Waals surface area contributed by atoms with Gasteiger partial charge in [-0.05, 0) is 64.7 Å². The van der Waals surface area contributed by atoms with E-state index in [0.717, 1.165) is 12.1 Å². The van der Waals surface area contributed by atoms with Gasteiger partial charge in [-0.3, -0.25) is 0 Å². The molecule has 1 saturated carbocycles. The molecule has 1 aromatic rings. The molecule has 0 aromatic heterocycles. The van der Waals surface area contributed by atoms with Crippen molar-refractivity contribution in [2.24, 2.45) is 5.41 Å². The molecule has 1 spiro atoms. The van der Waals surface area contributed by atoms with Crippen molar-refractivity contribution in [3.63, 3.8) is 0 Å². The molecule has 1 aliphatic carbocycles. The van der Waals surface area contributed by atoms with Crippen LogP contribution in [-0.4, -0.2) is 43.4 Å². The van der Waals surface area contributed by atoms with Crippen molar-refractivity contribution in [3.05, 3.63) is 29.8 Å². The minimum absolute atomic E-state index is 0.114. The van der Waals surface area contributed by atoms with E-state index in [9.17, 15) is 26.4 Å². The Morgan fingerprint density at radius 1 is 1.14 bits per heavy atom. The summed E-state index contributed by atoms with van der Waals surface area (Å²) in [6, 6.07) is 3.94. The molecule has 1 amide bonds. The van der Waals surface area contributed by atoms with Crippen molar-refractivity contribution in [1.29, 1.82) is 0 Å². The predicted molar refractivity (Wildman–Crippen MR) is 101 cm³/mol. The fourth-order valence-electron chi connectivity index (χ4n) is 4.09. The summed E-state index contributed by atoms with van der Waals surface area (Å²) in [7, 11) is -3.84. The van der Waals surface area contributed by atoms with Crippen LogP contribution < -0.4 is 0 Å². The molecule has 0 atom stereocenters. The van der Waals surface area contributed by atoms with Gasteiger partial charge in [-0.2, -0.15) is 13.2 Å². The summed E-state index contributed by atoms with van der Waals surface area (Å²) in [6.45, 7) is 6.44. The van der Waals surface area contributed by atoms with Crippen LogP contribution >= 0.6 is 0 Å². The van der Waals surface area contributed by atoms with E-state index in [-0.39, 0.29) is 16.4 Å². The number of benzene rings is 1. The van der Waals surface area contributed by atoms with Gasteiger partial charge >= 0.3 is 12.3 Å². The first-order valence-corrected chi connectivity index (χ1v) is 11.2. The van der Waals surface area contributed by atoms with E-state index < -0.39 is 32.4 Å². The van der Waals surface area contributed by atoms with E-state index in [0.29, 0.717) is 44.8 Å². The Kier molecular flexibility index (Phi) is 5.43. The molecule has 5 nitrogen and oxygen atoms in total. The summed E-state index contributed by atoms with van der Waals surface area (Å²) in [5.74, 6) is 0. The Morgan fingerprint density at radius 3 is 2.24 bits per heavy atom. The highest BCUT2D eigenvalue weighted by Gasteiger charge is 2.49. The van der Waals surface area contributed by atoms with Gasteiger partial charge in [0.2, 0.25) is 0 Å². The molecule has 0 bridgehead atoms. The second-order valence-corrected chi connectivity index (χ2v) is 11.3. The van der Waals surface area contributed by atoms with Gasteiger partial charge in [-0.1, -0.05) is 6.07 Å². The molecule has 1 aliphatic heterocycles. The second kappa shape index (κ2) is 7.18. The molecule has 1 aromatic carbocycles. The summed E-state index contributed by atoms with van der Waals surface area (Å²) in [4.78, 5) is 13.4. The van der Waals surface area contributed by atoms with Crippen LogP contribution in [0.1, 0.15) is 52.0 Å². The lowest BCUT2D eigenvalue weighted by atomic mass is 9.68. The summed E-state index contributed by atoms with van der Waals surface area (Å²) >= 11 is 0. The SMILES string of the molecule is CC(C)(C)OC(=O)N1CC2(CCC(S(=O)(=O)c3cccc(C(F)(F)F)c3)CC2)C1. The number of nitrogens with zero attached hydrogens (tertiary/aromatic N) is 1. The standard InChI is InChI=1S/C20H26F3NO4S/c1-18(2,3)28-17(25)24-12-19(13-24)9-7-15(8-10-19)29(26,27)16-6-4-5-14(11-16)20(21,22)23/h4-6,11,15H,7-10,12-13H2,1-3H3. The average molecular weight is 433 g/mol. The number of carbonyl (C=O) groups is 1. The number of likely N-dealkylation sites (tertiary alicyclic amines) is 1. The van der Waals surface area contributed by atoms with Crippen LogP contribution in [0.4, 0.5) is 18.0 Å². The summed E-state index contributed by atoms with van der Waals surface area (Å²) in [5, 5.41) is -0.702. The zero-order valence-electron chi connectivity index (χ0n) is 16.8. The van der Waals surface area contributed by atoms with Crippen molar-refractivity contribution in [2.45, 2.75) is 68.4 Å². The van der Waals surface area contributed by atoms with E-state index in [1.807, 2.05) is 0 Å². The lowest BCUT2D eigenvalue weighted by molar-refractivity contribution is -0.137. The lowest BCUT2D eigenvalue weighted by Gasteiger charge is -2.53. The molecule has 0 unspecified atom stereocenters. The third-order valence-electron chi connectivity index (χ3n) is 5.63. The quantitative estimate of drug-likeness (QED) is 0.681. The molecule has 29 heavy (non-hydrogen) atoms. The van der Waals surface area contributed by atoms with Crippen LogP contribution in [0.3, 0.4) is 0 Å². The Morgan fingerprint density at radius 2 is 1.72 bits per heavy atom. The number of alkyl halides is 3. The van der Waals surface area contributed by atoms with Crippen LogP contribution in [0, 0.1) is 5.41 Å². The summed E-state index contributed by atoms with van der Waals surface area (Å²) < 4.78 is 69.8. The van der Waals surface area contributed by atoms with Crippen LogP contribution in [0.25, 0.3) is 0 Å². The zero-order chi connectivity index (χ0) is 21.7. The number of halogens is 3. The maximum absolute atomic E-state index is 12.9. The topological polar surface area (TPSA) is 63.7 Å². The summed E-state index contributed by atoms with van der Waals surface area (Å²) in [6.07, 6.45) is -2.97. The second-order valence-electron chi connectivity index (χ2n) is 9.11. The van der Waals surface area contributed by atoms with Gasteiger partial charge in [0, 0.05) is 18.5 Å². The van der Waals surface area contributed by atoms with Gasteiger partial charge in [0.05, 0.1) is 15.7 Å². The minimum atomic E-state index is -4.58. The molecular formula is C20H26F3NO4S. The molecule has 162 valence electrons. The fraction of sp³-hybridized carbons (Fsp3) is 0.650. The van der Waals surface area contributed by atoms with Crippen LogP contribution in [-0.2, 0) is 20.8 Å². The smallest absolute Gasteiger partial charge is 0.416 e. The normalized spacial score (nSPS) is 20.4. The number of rotatable bonds is 2. The number of ether oxygens (including phenoxy) is 1. The molecule has 2 aliphatic rings. The number of amides is 1. The molecule has 9 heteroatoms. The van der Waals surface area contributed by atoms with Crippen LogP contribution in [0.15, 0.2) is 29.2 Å². The minimum Gasteiger partial charge on any atom is -0.444 e. The van der Waals surface area contributed by atoms with E-state index in [1.165, 1.54) is 6.07 Å². The highest BCUT2D eigenvalue weighted by molar-refractivity contribution is 7.92. The van der Waals surface area contributed by atoms with Gasteiger partial charge in [0.1, 0.15) is 5.60 Å². The van der Waals surface area contributed by atoms with Crippen molar-refractivity contribution < 1.29 is 31.1 Å². The highest BCUT2D eigenvalue weighted by atomic mass is 32.2. The molecule has 2 fully saturated rings. The summed E-state index contributed by atoms with van der Waals surface area (Å²) in [5.41, 5.74) is -1.65. The first kappa shape index (κ1) is 21.9. The highest BCUT2D eigenvalue weighted by Crippen LogP contribution is 2.46. The van der Waals surface area contributed by atoms with Crippen molar-refractivity contribution >= 4 is 15.9 Å². The van der Waals surface area contributed by atoms with Gasteiger partial charge in [-0.15, -0.1) is 0 Å². The van der Waals surface area contributed by atoms with E-state index in [2.05, 4.69) is 0 Å². The Hall–Kier alpha value is -1.77. The van der Waals surface area contributed by atoms with Gasteiger partial charge in [0.15, 0.2) is 9.84 Å². The van der Waals surface area contributed by atoms with Crippen LogP contribution in [0.5, 0.6) is 0 Å². The van der Waals surface area contributed by atoms with Crippen molar-refractivity contribution in [3.8, 4) is 0 Å². The van der Waals surface area contributed by atoms with Gasteiger partial charge < -0.3 is 9.64 Å². The fourth-order valence-corrected chi connectivity index (χ4v) is 5.89. The first-order valence-electron chi connectivity index (χ1n) is 9.61. The zero-order valence-corrected chi connectivity index (χ0v) is 17.6. The number of hydrogen-bond donors (Lipinski definition) is 0. The van der Waals surface area contributed by atoms with Crippen molar-refractivity contribution in [1.82, 2.24) is 4.90 Å². The maximum Gasteiger partial charge on any atom is 0.416 e. The molecule has 1 saturated heterocycles. The molecule has 0 radical (unpaired) electrons. The molecule has 0 N–H and O–H groups in total. The lowest BCUT2D eigenvalue weighted by Crippen LogP contribution is -2.60. The first-order chi connectivity index (χ1) is 13.2. The predicted octanol–water partition coefficient (Wildman–Crippen LogP) is 4.66. The van der Waals surface area contributed by atoms with Crippen LogP contribution in [0.2, 0.25) is 0 Å².